The van der Waals surface area contributed by atoms with Gasteiger partial charge in [0, 0.05) is 17.7 Å². The van der Waals surface area contributed by atoms with Gasteiger partial charge in [-0.1, -0.05) is 35.5 Å². The molecule has 1 N–H and O–H groups in total. The second-order valence-corrected chi connectivity index (χ2v) is 6.90. The fourth-order valence-corrected chi connectivity index (χ4v) is 3.30. The Hall–Kier alpha value is -2.95. The van der Waals surface area contributed by atoms with Crippen LogP contribution >= 0.6 is 0 Å². The molecule has 0 aliphatic carbocycles. The Bertz CT molecular complexity index is 880. The molecule has 1 amide bonds. The molecule has 134 valence electrons. The lowest BCUT2D eigenvalue weighted by Gasteiger charge is -2.21. The molecule has 0 bridgehead atoms. The topological polar surface area (TPSA) is 67.8 Å². The Labute approximate surface area is 153 Å². The zero-order valence-electron chi connectivity index (χ0n) is 15.4. The van der Waals surface area contributed by atoms with E-state index in [1.165, 1.54) is 0 Å². The summed E-state index contributed by atoms with van der Waals surface area (Å²) in [6, 6.07) is 13.3. The second kappa shape index (κ2) is 6.75. The van der Waals surface area contributed by atoms with Gasteiger partial charge in [-0.15, -0.1) is 0 Å². The summed E-state index contributed by atoms with van der Waals surface area (Å²) in [6.07, 6.45) is 0.395. The highest BCUT2D eigenvalue weighted by molar-refractivity contribution is 6.08. The lowest BCUT2D eigenvalue weighted by Crippen LogP contribution is -2.40. The highest BCUT2D eigenvalue weighted by Gasteiger charge is 2.42. The monoisotopic (exact) mass is 350 g/mol. The number of benzene rings is 2. The Morgan fingerprint density at radius 2 is 1.73 bits per heavy atom. The van der Waals surface area contributed by atoms with Gasteiger partial charge >= 0.3 is 0 Å². The van der Waals surface area contributed by atoms with Gasteiger partial charge in [0.2, 0.25) is 5.60 Å². The van der Waals surface area contributed by atoms with Gasteiger partial charge in [-0.2, -0.15) is 0 Å². The molecule has 26 heavy (non-hydrogen) atoms. The third-order valence-corrected chi connectivity index (χ3v) is 4.59. The van der Waals surface area contributed by atoms with Crippen molar-refractivity contribution in [2.45, 2.75) is 39.7 Å². The minimum Gasteiger partial charge on any atom is -0.379 e. The van der Waals surface area contributed by atoms with Crippen LogP contribution in [0.1, 0.15) is 47.3 Å². The number of hydrogen-bond donors (Lipinski definition) is 1. The number of anilines is 1. The normalized spacial score (nSPS) is 18.8. The van der Waals surface area contributed by atoms with Crippen LogP contribution in [0.4, 0.5) is 5.69 Å². The molecule has 1 aliphatic heterocycles. The van der Waals surface area contributed by atoms with E-state index in [0.29, 0.717) is 17.7 Å². The quantitative estimate of drug-likeness (QED) is 0.847. The summed E-state index contributed by atoms with van der Waals surface area (Å²) in [4.78, 5) is 30.0. The molecule has 0 aromatic heterocycles. The average Bonchev–Trinajstić information content (AvgIpc) is 2.98. The number of ketones is 1. The van der Waals surface area contributed by atoms with Gasteiger partial charge in [0.15, 0.2) is 5.78 Å². The van der Waals surface area contributed by atoms with Crippen molar-refractivity contribution in [1.82, 2.24) is 0 Å². The molecule has 0 saturated heterocycles. The van der Waals surface area contributed by atoms with E-state index in [2.05, 4.69) is 10.5 Å². The maximum absolute atomic E-state index is 12.8. The summed E-state index contributed by atoms with van der Waals surface area (Å²) >= 11 is 0. The van der Waals surface area contributed by atoms with E-state index in [1.807, 2.05) is 44.2 Å². The number of aryl methyl sites for hydroxylation is 2. The molecule has 1 atom stereocenters. The summed E-state index contributed by atoms with van der Waals surface area (Å²) in [7, 11) is 0. The molecule has 1 heterocycles. The van der Waals surface area contributed by atoms with Gasteiger partial charge in [-0.3, -0.25) is 9.59 Å². The Morgan fingerprint density at radius 1 is 1.12 bits per heavy atom. The van der Waals surface area contributed by atoms with Crippen LogP contribution in [-0.2, 0) is 9.63 Å². The first-order chi connectivity index (χ1) is 12.3. The highest BCUT2D eigenvalue weighted by Crippen LogP contribution is 2.29. The van der Waals surface area contributed by atoms with Crippen LogP contribution in [0, 0.1) is 13.8 Å². The molecule has 2 aromatic rings. The van der Waals surface area contributed by atoms with Crippen molar-refractivity contribution in [2.24, 2.45) is 5.16 Å². The fraction of sp³-hybridized carbons (Fsp3) is 0.286. The molecule has 3 rings (SSSR count). The van der Waals surface area contributed by atoms with Crippen LogP contribution in [-0.4, -0.2) is 23.0 Å². The predicted molar refractivity (Wildman–Crippen MR) is 102 cm³/mol. The maximum atomic E-state index is 12.8. The van der Waals surface area contributed by atoms with Crippen molar-refractivity contribution >= 4 is 23.1 Å². The first-order valence-electron chi connectivity index (χ1n) is 8.54. The van der Waals surface area contributed by atoms with E-state index in [9.17, 15) is 9.59 Å². The van der Waals surface area contributed by atoms with E-state index in [-0.39, 0.29) is 11.7 Å². The molecule has 0 saturated carbocycles. The number of amides is 1. The molecular formula is C21H22N2O3. The zero-order chi connectivity index (χ0) is 18.9. The fourth-order valence-electron chi connectivity index (χ4n) is 3.30. The Kier molecular flexibility index (Phi) is 4.64. The van der Waals surface area contributed by atoms with Crippen molar-refractivity contribution < 1.29 is 14.4 Å². The van der Waals surface area contributed by atoms with Gasteiger partial charge in [0.1, 0.15) is 0 Å². The van der Waals surface area contributed by atoms with Gasteiger partial charge < -0.3 is 10.2 Å². The van der Waals surface area contributed by atoms with Gasteiger partial charge in [-0.05, 0) is 56.5 Å². The van der Waals surface area contributed by atoms with Crippen molar-refractivity contribution in [3.05, 3.63) is 64.7 Å². The third-order valence-electron chi connectivity index (χ3n) is 4.59. The minimum atomic E-state index is -1.06. The van der Waals surface area contributed by atoms with Crippen LogP contribution in [0.15, 0.2) is 47.6 Å². The Balaban J connectivity index is 1.76. The number of rotatable bonds is 4. The first-order valence-corrected chi connectivity index (χ1v) is 8.54. The first kappa shape index (κ1) is 17.9. The summed E-state index contributed by atoms with van der Waals surface area (Å²) in [6.45, 7) is 7.00. The smallest absolute Gasteiger partial charge is 0.271 e. The number of Topliss-reactive ketones (excluding diaryl/α,β-unsaturated/α-hetero) is 1. The number of carbonyl (C=O) groups is 2. The number of oxime groups is 1. The molecular weight excluding hydrogens is 328 g/mol. The van der Waals surface area contributed by atoms with Crippen LogP contribution in [0.2, 0.25) is 0 Å². The maximum Gasteiger partial charge on any atom is 0.271 e. The van der Waals surface area contributed by atoms with Crippen molar-refractivity contribution in [2.75, 3.05) is 5.32 Å². The van der Waals surface area contributed by atoms with Crippen LogP contribution in [0.5, 0.6) is 0 Å². The summed E-state index contributed by atoms with van der Waals surface area (Å²) in [5.74, 6) is -0.244. The zero-order valence-corrected chi connectivity index (χ0v) is 15.4. The highest BCUT2D eigenvalue weighted by atomic mass is 16.7. The molecule has 0 spiro atoms. The number of nitrogens with one attached hydrogen (secondary N) is 1. The lowest BCUT2D eigenvalue weighted by molar-refractivity contribution is -0.135. The van der Waals surface area contributed by atoms with Crippen molar-refractivity contribution in [3.63, 3.8) is 0 Å². The molecule has 1 unspecified atom stereocenters. The third kappa shape index (κ3) is 3.38. The van der Waals surface area contributed by atoms with E-state index in [1.54, 1.807) is 26.0 Å². The minimum absolute atomic E-state index is 0.0184. The van der Waals surface area contributed by atoms with E-state index < -0.39 is 5.60 Å². The van der Waals surface area contributed by atoms with Gasteiger partial charge in [-0.25, -0.2) is 0 Å². The molecule has 5 nitrogen and oxygen atoms in total. The van der Waals surface area contributed by atoms with Gasteiger partial charge in [0.05, 0.1) is 5.71 Å². The lowest BCUT2D eigenvalue weighted by atomic mass is 9.94. The van der Waals surface area contributed by atoms with Crippen LogP contribution in [0.25, 0.3) is 0 Å². The number of nitrogens with zero attached hydrogens (tertiary/aromatic N) is 1. The van der Waals surface area contributed by atoms with Crippen molar-refractivity contribution in [1.29, 1.82) is 0 Å². The molecule has 1 aliphatic rings. The number of carbonyl (C=O) groups excluding carboxylic acids is 2. The van der Waals surface area contributed by atoms with E-state index in [0.717, 1.165) is 22.4 Å². The molecule has 0 fully saturated rings. The SMILES string of the molecule is CC(=O)c1c(C)cc(NC(=O)C2(C)CC(c3ccccc3)=NO2)cc1C. The summed E-state index contributed by atoms with van der Waals surface area (Å²) in [5.41, 5.74) is 3.66. The molecule has 0 radical (unpaired) electrons. The standard InChI is InChI=1S/C21H22N2O3/c1-13-10-17(11-14(2)19(13)15(3)24)22-20(25)21(4)12-18(23-26-21)16-8-6-5-7-9-16/h5-11H,12H2,1-4H3,(H,22,25). The second-order valence-electron chi connectivity index (χ2n) is 6.90. The number of hydrogen-bond acceptors (Lipinski definition) is 4. The summed E-state index contributed by atoms with van der Waals surface area (Å²) < 4.78 is 0. The van der Waals surface area contributed by atoms with Gasteiger partial charge in [0.25, 0.3) is 5.91 Å². The Morgan fingerprint density at radius 3 is 2.31 bits per heavy atom. The van der Waals surface area contributed by atoms with Crippen molar-refractivity contribution in [3.8, 4) is 0 Å². The van der Waals surface area contributed by atoms with E-state index >= 15 is 0 Å². The average molecular weight is 350 g/mol. The molecule has 2 aromatic carbocycles. The molecule has 5 heteroatoms. The predicted octanol–water partition coefficient (Wildman–Crippen LogP) is 4.03. The summed E-state index contributed by atoms with van der Waals surface area (Å²) in [5, 5.41) is 7.00. The largest absolute Gasteiger partial charge is 0.379 e. The van der Waals surface area contributed by atoms with E-state index in [4.69, 9.17) is 4.84 Å². The van der Waals surface area contributed by atoms with Crippen LogP contribution in [0.3, 0.4) is 0 Å². The van der Waals surface area contributed by atoms with Crippen LogP contribution < -0.4 is 5.32 Å².